The van der Waals surface area contributed by atoms with Crippen LogP contribution in [0.5, 0.6) is 0 Å². The van der Waals surface area contributed by atoms with Gasteiger partial charge in [-0.3, -0.25) is 0 Å². The van der Waals surface area contributed by atoms with Gasteiger partial charge in [-0.1, -0.05) is 25.6 Å². The van der Waals surface area contributed by atoms with E-state index in [0.29, 0.717) is 5.92 Å². The summed E-state index contributed by atoms with van der Waals surface area (Å²) in [5.74, 6) is 1.55. The summed E-state index contributed by atoms with van der Waals surface area (Å²) in [6.45, 7) is 7.11. The summed E-state index contributed by atoms with van der Waals surface area (Å²) in [5.41, 5.74) is 0. The molecule has 1 N–H and O–H groups in total. The molecular weight excluding hydrogens is 358 g/mol. The van der Waals surface area contributed by atoms with Crippen LogP contribution in [0.3, 0.4) is 0 Å². The molecule has 0 aliphatic carbocycles. The summed E-state index contributed by atoms with van der Waals surface area (Å²) in [7, 11) is 0. The van der Waals surface area contributed by atoms with Crippen molar-refractivity contribution in [2.45, 2.75) is 31.3 Å². The van der Waals surface area contributed by atoms with Gasteiger partial charge in [0.25, 0.3) is 0 Å². The zero-order valence-electron chi connectivity index (χ0n) is 11.5. The number of halogens is 1. The molecule has 0 unspecified atom stereocenters. The highest BCUT2D eigenvalue weighted by molar-refractivity contribution is 9.10. The second kappa shape index (κ2) is 8.11. The van der Waals surface area contributed by atoms with Crippen LogP contribution in [-0.2, 0) is 12.3 Å². The monoisotopic (exact) mass is 375 g/mol. The Balaban J connectivity index is 1.81. The van der Waals surface area contributed by atoms with E-state index in [9.17, 15) is 0 Å². The summed E-state index contributed by atoms with van der Waals surface area (Å²) < 4.78 is 3.02. The molecule has 8 heteroatoms. The third-order valence-electron chi connectivity index (χ3n) is 2.58. The Bertz CT molecular complexity index is 525. The minimum atomic E-state index is 0.661. The second-order valence-electron chi connectivity index (χ2n) is 4.76. The highest BCUT2D eigenvalue weighted by Gasteiger charge is 2.09. The molecule has 2 rings (SSSR count). The van der Waals surface area contributed by atoms with Gasteiger partial charge < -0.3 is 5.32 Å². The van der Waals surface area contributed by atoms with Crippen molar-refractivity contribution < 1.29 is 0 Å². The summed E-state index contributed by atoms with van der Waals surface area (Å²) in [5, 5.41) is 18.2. The molecule has 5 nitrogen and oxygen atoms in total. The minimum Gasteiger partial charge on any atom is -0.315 e. The number of hydrogen-bond donors (Lipinski definition) is 1. The average molecular weight is 376 g/mol. The van der Waals surface area contributed by atoms with Crippen molar-refractivity contribution in [2.75, 3.05) is 13.1 Å². The van der Waals surface area contributed by atoms with Crippen LogP contribution in [0.1, 0.15) is 18.7 Å². The summed E-state index contributed by atoms with van der Waals surface area (Å²) in [6.07, 6.45) is 0. The van der Waals surface area contributed by atoms with Gasteiger partial charge in [0.15, 0.2) is 0 Å². The zero-order chi connectivity index (χ0) is 14.4. The fourth-order valence-corrected chi connectivity index (χ4v) is 4.27. The number of nitrogens with zero attached hydrogens (tertiary/aromatic N) is 4. The maximum absolute atomic E-state index is 4.09. The number of rotatable bonds is 8. The van der Waals surface area contributed by atoms with Gasteiger partial charge in [-0.25, -0.2) is 4.68 Å². The number of tetrazole rings is 1. The van der Waals surface area contributed by atoms with E-state index in [1.165, 1.54) is 4.88 Å². The Morgan fingerprint density at radius 2 is 2.35 bits per heavy atom. The maximum atomic E-state index is 4.09. The molecule has 2 aromatic rings. The van der Waals surface area contributed by atoms with E-state index < -0.39 is 0 Å². The molecular formula is C12H18BrN5S2. The van der Waals surface area contributed by atoms with E-state index in [4.69, 9.17) is 0 Å². The quantitative estimate of drug-likeness (QED) is 0.567. The molecule has 0 spiro atoms. The van der Waals surface area contributed by atoms with Gasteiger partial charge in [-0.2, -0.15) is 0 Å². The largest absolute Gasteiger partial charge is 0.315 e. The molecule has 0 aliphatic rings. The molecule has 0 amide bonds. The van der Waals surface area contributed by atoms with Crippen molar-refractivity contribution in [3.63, 3.8) is 0 Å². The van der Waals surface area contributed by atoms with Crippen LogP contribution in [0, 0.1) is 5.92 Å². The van der Waals surface area contributed by atoms with Crippen molar-refractivity contribution in [3.05, 3.63) is 20.8 Å². The lowest BCUT2D eigenvalue weighted by Crippen LogP contribution is -2.24. The minimum absolute atomic E-state index is 0.661. The predicted octanol–water partition coefficient (Wildman–Crippen LogP) is 3.04. The predicted molar refractivity (Wildman–Crippen MR) is 87.1 cm³/mol. The van der Waals surface area contributed by atoms with Crippen molar-refractivity contribution in [1.82, 2.24) is 25.5 Å². The van der Waals surface area contributed by atoms with Crippen LogP contribution in [0.15, 0.2) is 21.1 Å². The molecule has 0 radical (unpaired) electrons. The first kappa shape index (κ1) is 15.9. The van der Waals surface area contributed by atoms with Crippen molar-refractivity contribution in [2.24, 2.45) is 5.92 Å². The molecule has 2 aromatic heterocycles. The van der Waals surface area contributed by atoms with Gasteiger partial charge in [-0.05, 0) is 50.3 Å². The van der Waals surface area contributed by atoms with Crippen LogP contribution in [0.4, 0.5) is 0 Å². The fraction of sp³-hybridized carbons (Fsp3) is 0.583. The van der Waals surface area contributed by atoms with Crippen LogP contribution >= 0.6 is 39.0 Å². The van der Waals surface area contributed by atoms with Crippen molar-refractivity contribution in [3.8, 4) is 0 Å². The molecule has 0 bridgehead atoms. The van der Waals surface area contributed by atoms with Crippen LogP contribution < -0.4 is 5.32 Å². The topological polar surface area (TPSA) is 55.6 Å². The molecule has 2 heterocycles. The number of thioether (sulfide) groups is 1. The lowest BCUT2D eigenvalue weighted by molar-refractivity contribution is 0.482. The third-order valence-corrected chi connectivity index (χ3v) is 5.67. The average Bonchev–Trinajstić information content (AvgIpc) is 3.01. The first-order valence-electron chi connectivity index (χ1n) is 6.48. The van der Waals surface area contributed by atoms with E-state index in [-0.39, 0.29) is 0 Å². The highest BCUT2D eigenvalue weighted by atomic mass is 79.9. The number of aromatic nitrogens is 4. The van der Waals surface area contributed by atoms with Gasteiger partial charge >= 0.3 is 0 Å². The van der Waals surface area contributed by atoms with E-state index in [2.05, 4.69) is 62.1 Å². The van der Waals surface area contributed by atoms with Crippen molar-refractivity contribution >= 4 is 39.0 Å². The van der Waals surface area contributed by atoms with E-state index >= 15 is 0 Å². The zero-order valence-corrected chi connectivity index (χ0v) is 14.8. The molecule has 0 saturated carbocycles. The van der Waals surface area contributed by atoms with E-state index in [1.54, 1.807) is 23.1 Å². The Morgan fingerprint density at radius 1 is 1.50 bits per heavy atom. The molecule has 0 saturated heterocycles. The standard InChI is InChI=1S/C12H18BrN5S2/c1-9(2)7-14-4-5-18-12(15-16-17-18)20-8-11-10(13)3-6-19-11/h3,6,9,14H,4-5,7-8H2,1-2H3. The summed E-state index contributed by atoms with van der Waals surface area (Å²) >= 11 is 6.96. The number of hydrogen-bond acceptors (Lipinski definition) is 6. The van der Waals surface area contributed by atoms with Gasteiger partial charge in [0.2, 0.25) is 5.16 Å². The SMILES string of the molecule is CC(C)CNCCn1nnnc1SCc1sccc1Br. The molecule has 0 atom stereocenters. The van der Waals surface area contributed by atoms with Gasteiger partial charge in [0.05, 0.1) is 6.54 Å². The smallest absolute Gasteiger partial charge is 0.209 e. The molecule has 0 fully saturated rings. The summed E-state index contributed by atoms with van der Waals surface area (Å²) in [6, 6.07) is 2.07. The Kier molecular flexibility index (Phi) is 6.47. The highest BCUT2D eigenvalue weighted by Crippen LogP contribution is 2.29. The number of thiophene rings is 1. The van der Waals surface area contributed by atoms with Crippen LogP contribution in [-0.4, -0.2) is 33.3 Å². The Hall–Kier alpha value is -0.440. The first-order valence-corrected chi connectivity index (χ1v) is 9.14. The van der Waals surface area contributed by atoms with Crippen LogP contribution in [0.2, 0.25) is 0 Å². The fourth-order valence-electron chi connectivity index (χ4n) is 1.57. The first-order chi connectivity index (χ1) is 9.66. The normalized spacial score (nSPS) is 11.4. The third kappa shape index (κ3) is 4.83. The van der Waals surface area contributed by atoms with E-state index in [0.717, 1.165) is 35.0 Å². The lowest BCUT2D eigenvalue weighted by atomic mass is 10.2. The lowest BCUT2D eigenvalue weighted by Gasteiger charge is -2.07. The summed E-state index contributed by atoms with van der Waals surface area (Å²) in [4.78, 5) is 1.31. The van der Waals surface area contributed by atoms with Gasteiger partial charge in [0.1, 0.15) is 0 Å². The number of nitrogens with one attached hydrogen (secondary N) is 1. The van der Waals surface area contributed by atoms with Gasteiger partial charge in [-0.15, -0.1) is 16.4 Å². The van der Waals surface area contributed by atoms with Crippen LogP contribution in [0.25, 0.3) is 0 Å². The second-order valence-corrected chi connectivity index (χ2v) is 7.56. The molecule has 110 valence electrons. The molecule has 20 heavy (non-hydrogen) atoms. The molecule has 0 aromatic carbocycles. The molecule has 0 aliphatic heterocycles. The van der Waals surface area contributed by atoms with Crippen molar-refractivity contribution in [1.29, 1.82) is 0 Å². The Labute approximate surface area is 135 Å². The maximum Gasteiger partial charge on any atom is 0.209 e. The van der Waals surface area contributed by atoms with E-state index in [1.807, 2.05) is 4.68 Å². The van der Waals surface area contributed by atoms with Gasteiger partial charge in [0, 0.05) is 21.6 Å². The Morgan fingerprint density at radius 3 is 3.05 bits per heavy atom.